The maximum atomic E-state index is 13.2. The lowest BCUT2D eigenvalue weighted by molar-refractivity contribution is -0.134. The molecule has 0 heterocycles. The molecule has 130 valence electrons. The van der Waals surface area contributed by atoms with Crippen LogP contribution in [0.15, 0.2) is 42.5 Å². The van der Waals surface area contributed by atoms with Crippen molar-refractivity contribution in [2.24, 2.45) is 5.41 Å². The number of nitrogens with one attached hydrogen (secondary N) is 2. The fourth-order valence-corrected chi connectivity index (χ4v) is 2.88. The van der Waals surface area contributed by atoms with Gasteiger partial charge in [-0.3, -0.25) is 9.59 Å². The van der Waals surface area contributed by atoms with E-state index in [4.69, 9.17) is 23.2 Å². The number of hydrogen-bond acceptors (Lipinski definition) is 2. The lowest BCUT2D eigenvalue weighted by Gasteiger charge is -2.16. The average Bonchev–Trinajstić information content (AvgIpc) is 3.39. The first-order valence-electron chi connectivity index (χ1n) is 7.70. The minimum atomic E-state index is -1.10. The summed E-state index contributed by atoms with van der Waals surface area (Å²) < 4.78 is 13.2. The van der Waals surface area contributed by atoms with E-state index < -0.39 is 17.1 Å². The van der Waals surface area contributed by atoms with Crippen molar-refractivity contribution in [2.75, 3.05) is 5.32 Å². The van der Waals surface area contributed by atoms with E-state index in [0.29, 0.717) is 23.6 Å². The molecule has 0 aromatic heterocycles. The smallest absolute Gasteiger partial charge is 0.240 e. The van der Waals surface area contributed by atoms with E-state index in [0.717, 1.165) is 11.6 Å². The minimum absolute atomic E-state index is 0.0918. The molecular formula is C18H15Cl2FN2O2. The van der Waals surface area contributed by atoms with E-state index in [1.54, 1.807) is 12.1 Å². The van der Waals surface area contributed by atoms with Gasteiger partial charge < -0.3 is 10.6 Å². The highest BCUT2D eigenvalue weighted by atomic mass is 35.5. The van der Waals surface area contributed by atoms with Crippen molar-refractivity contribution >= 4 is 40.7 Å². The van der Waals surface area contributed by atoms with Gasteiger partial charge in [0.15, 0.2) is 0 Å². The average molecular weight is 381 g/mol. The zero-order valence-corrected chi connectivity index (χ0v) is 14.6. The molecule has 1 aliphatic carbocycles. The maximum absolute atomic E-state index is 13.2. The lowest BCUT2D eigenvalue weighted by atomic mass is 10.0. The fourth-order valence-electron chi connectivity index (χ4n) is 2.49. The summed E-state index contributed by atoms with van der Waals surface area (Å²) in [5.41, 5.74) is 0.0305. The number of halogens is 3. The van der Waals surface area contributed by atoms with Gasteiger partial charge in [-0.2, -0.15) is 0 Å². The van der Waals surface area contributed by atoms with Crippen LogP contribution in [0.1, 0.15) is 18.4 Å². The molecule has 1 aliphatic rings. The highest BCUT2D eigenvalue weighted by molar-refractivity contribution is 6.31. The number of carbonyl (C=O) groups is 2. The van der Waals surface area contributed by atoms with Crippen LogP contribution in [0.4, 0.5) is 10.1 Å². The van der Waals surface area contributed by atoms with E-state index in [1.165, 1.54) is 12.1 Å². The normalized spacial score (nSPS) is 14.7. The molecule has 0 saturated heterocycles. The second kappa shape index (κ2) is 7.02. The van der Waals surface area contributed by atoms with E-state index >= 15 is 0 Å². The maximum Gasteiger partial charge on any atom is 0.240 e. The van der Waals surface area contributed by atoms with Crippen molar-refractivity contribution in [2.45, 2.75) is 19.4 Å². The van der Waals surface area contributed by atoms with E-state index in [1.807, 2.05) is 12.1 Å². The van der Waals surface area contributed by atoms with Gasteiger partial charge >= 0.3 is 0 Å². The highest BCUT2D eigenvalue weighted by Crippen LogP contribution is 2.47. The topological polar surface area (TPSA) is 58.2 Å². The molecule has 0 aliphatic heterocycles. The highest BCUT2D eigenvalue weighted by Gasteiger charge is 2.56. The molecule has 25 heavy (non-hydrogen) atoms. The Balaban J connectivity index is 1.64. The molecule has 1 fully saturated rings. The Bertz CT molecular complexity index is 838. The Morgan fingerprint density at radius 1 is 1.04 bits per heavy atom. The molecule has 0 spiro atoms. The number of benzene rings is 2. The van der Waals surface area contributed by atoms with Crippen molar-refractivity contribution in [1.29, 1.82) is 0 Å². The van der Waals surface area contributed by atoms with Gasteiger partial charge in [0.2, 0.25) is 11.8 Å². The quantitative estimate of drug-likeness (QED) is 0.764. The van der Waals surface area contributed by atoms with Crippen LogP contribution in [0, 0.1) is 11.2 Å². The number of anilines is 1. The minimum Gasteiger partial charge on any atom is -0.351 e. The molecule has 0 radical (unpaired) electrons. The second-order valence-electron chi connectivity index (χ2n) is 5.94. The summed E-state index contributed by atoms with van der Waals surface area (Å²) in [4.78, 5) is 24.9. The lowest BCUT2D eigenvalue weighted by Crippen LogP contribution is -2.39. The molecule has 2 N–H and O–H groups in total. The molecule has 0 atom stereocenters. The third kappa shape index (κ3) is 3.78. The van der Waals surface area contributed by atoms with Crippen LogP contribution in [0.5, 0.6) is 0 Å². The molecule has 2 aromatic rings. The summed E-state index contributed by atoms with van der Waals surface area (Å²) in [6, 6.07) is 11.0. The number of hydrogen-bond donors (Lipinski definition) is 2. The molecular weight excluding hydrogens is 366 g/mol. The standard InChI is InChI=1S/C18H15Cl2FN2O2/c19-13-4-2-1-3-11(13)10-22-16(24)18(7-8-18)17(25)23-12-5-6-15(21)14(20)9-12/h1-6,9H,7-8,10H2,(H,22,24)(H,23,25). The molecule has 1 saturated carbocycles. The van der Waals surface area contributed by atoms with Gasteiger partial charge in [-0.25, -0.2) is 4.39 Å². The van der Waals surface area contributed by atoms with Gasteiger partial charge in [0.05, 0.1) is 5.02 Å². The summed E-state index contributed by atoms with van der Waals surface area (Å²) in [6.07, 6.45) is 0.921. The van der Waals surface area contributed by atoms with Crippen molar-refractivity contribution < 1.29 is 14.0 Å². The molecule has 3 rings (SSSR count). The predicted molar refractivity (Wildman–Crippen MR) is 95.0 cm³/mol. The van der Waals surface area contributed by atoms with E-state index in [2.05, 4.69) is 10.6 Å². The molecule has 0 bridgehead atoms. The predicted octanol–water partition coefficient (Wildman–Crippen LogP) is 4.17. The monoisotopic (exact) mass is 380 g/mol. The van der Waals surface area contributed by atoms with Crippen LogP contribution in [0.2, 0.25) is 10.0 Å². The number of rotatable bonds is 5. The second-order valence-corrected chi connectivity index (χ2v) is 6.75. The van der Waals surface area contributed by atoms with E-state index in [9.17, 15) is 14.0 Å². The van der Waals surface area contributed by atoms with E-state index in [-0.39, 0.29) is 17.5 Å². The molecule has 2 amide bonds. The van der Waals surface area contributed by atoms with Crippen LogP contribution in [-0.2, 0) is 16.1 Å². The largest absolute Gasteiger partial charge is 0.351 e. The zero-order chi connectivity index (χ0) is 18.0. The molecule has 4 nitrogen and oxygen atoms in total. The van der Waals surface area contributed by atoms with Crippen molar-refractivity contribution in [1.82, 2.24) is 5.32 Å². The summed E-state index contributed by atoms with van der Waals surface area (Å²) in [6.45, 7) is 0.246. The van der Waals surface area contributed by atoms with Gasteiger partial charge in [0.1, 0.15) is 11.2 Å². The van der Waals surface area contributed by atoms with Crippen molar-refractivity contribution in [3.8, 4) is 0 Å². The van der Waals surface area contributed by atoms with Crippen molar-refractivity contribution in [3.05, 3.63) is 63.9 Å². The van der Waals surface area contributed by atoms with Crippen LogP contribution in [0.3, 0.4) is 0 Å². The van der Waals surface area contributed by atoms with Crippen LogP contribution in [0.25, 0.3) is 0 Å². The van der Waals surface area contributed by atoms with Gasteiger partial charge in [-0.1, -0.05) is 41.4 Å². The van der Waals surface area contributed by atoms with Gasteiger partial charge in [-0.05, 0) is 42.7 Å². The molecule has 0 unspecified atom stereocenters. The van der Waals surface area contributed by atoms with Gasteiger partial charge in [0, 0.05) is 17.3 Å². The summed E-state index contributed by atoms with van der Waals surface area (Å²) in [5, 5.41) is 5.85. The SMILES string of the molecule is O=C(NCc1ccccc1Cl)C1(C(=O)Nc2ccc(F)c(Cl)c2)CC1. The number of carbonyl (C=O) groups excluding carboxylic acids is 2. The molecule has 7 heteroatoms. The Labute approximate surface area is 154 Å². The summed E-state index contributed by atoms with van der Waals surface area (Å²) >= 11 is 11.8. The van der Waals surface area contributed by atoms with Crippen LogP contribution in [-0.4, -0.2) is 11.8 Å². The first-order valence-corrected chi connectivity index (χ1v) is 8.46. The van der Waals surface area contributed by atoms with Crippen molar-refractivity contribution in [3.63, 3.8) is 0 Å². The Hall–Kier alpha value is -2.11. The first-order chi connectivity index (χ1) is 11.9. The third-order valence-corrected chi connectivity index (χ3v) is 4.85. The Morgan fingerprint density at radius 3 is 2.40 bits per heavy atom. The number of amides is 2. The van der Waals surface area contributed by atoms with Gasteiger partial charge in [-0.15, -0.1) is 0 Å². The summed E-state index contributed by atoms with van der Waals surface area (Å²) in [7, 11) is 0. The van der Waals surface area contributed by atoms with Gasteiger partial charge in [0.25, 0.3) is 0 Å². The summed E-state index contributed by atoms with van der Waals surface area (Å²) in [5.74, 6) is -1.34. The zero-order valence-electron chi connectivity index (χ0n) is 13.1. The van der Waals surface area contributed by atoms with Crippen LogP contribution < -0.4 is 10.6 Å². The molecule has 2 aromatic carbocycles. The first kappa shape index (κ1) is 17.7. The third-order valence-electron chi connectivity index (χ3n) is 4.19. The van der Waals surface area contributed by atoms with Crippen LogP contribution >= 0.6 is 23.2 Å². The fraction of sp³-hybridized carbons (Fsp3) is 0.222. The Morgan fingerprint density at radius 2 is 1.76 bits per heavy atom. The Kier molecular flexibility index (Phi) is 4.97.